The number of anilines is 2. The average Bonchev–Trinajstić information content (AvgIpc) is 2.53. The third-order valence-electron chi connectivity index (χ3n) is 2.69. The number of para-hydroxylation sites is 2. The van der Waals surface area contributed by atoms with Gasteiger partial charge >= 0.3 is 0 Å². The van der Waals surface area contributed by atoms with Gasteiger partial charge in [-0.1, -0.05) is 48.6 Å². The lowest BCUT2D eigenvalue weighted by Gasteiger charge is -2.00. The predicted octanol–water partition coefficient (Wildman–Crippen LogP) is 3.38. The van der Waals surface area contributed by atoms with Crippen LogP contribution in [0.4, 0.5) is 11.4 Å². The van der Waals surface area contributed by atoms with Crippen LogP contribution in [0.5, 0.6) is 0 Å². The molecule has 2 amide bonds. The van der Waals surface area contributed by atoms with Crippen molar-refractivity contribution in [3.8, 4) is 0 Å². The van der Waals surface area contributed by atoms with E-state index in [2.05, 4.69) is 10.6 Å². The number of nitrogens with one attached hydrogen (secondary N) is 2. The Morgan fingerprint density at radius 1 is 0.636 bits per heavy atom. The lowest BCUT2D eigenvalue weighted by molar-refractivity contribution is -0.112. The molecule has 0 spiro atoms. The van der Waals surface area contributed by atoms with Crippen LogP contribution in [0.25, 0.3) is 0 Å². The summed E-state index contributed by atoms with van der Waals surface area (Å²) in [7, 11) is 0. The summed E-state index contributed by atoms with van der Waals surface area (Å²) in [5.74, 6) is -0.501. The molecule has 0 saturated carbocycles. The molecule has 0 unspecified atom stereocenters. The highest BCUT2D eigenvalue weighted by atomic mass is 16.2. The van der Waals surface area contributed by atoms with Gasteiger partial charge in [0, 0.05) is 23.5 Å². The van der Waals surface area contributed by atoms with E-state index in [0.717, 1.165) is 11.4 Å². The van der Waals surface area contributed by atoms with Gasteiger partial charge in [0.15, 0.2) is 0 Å². The molecule has 0 atom stereocenters. The van der Waals surface area contributed by atoms with Crippen molar-refractivity contribution in [2.45, 2.75) is 0 Å². The first-order chi connectivity index (χ1) is 10.7. The second kappa shape index (κ2) is 8.21. The van der Waals surface area contributed by atoms with Crippen LogP contribution in [0.15, 0.2) is 85.0 Å². The van der Waals surface area contributed by atoms with Crippen LogP contribution in [-0.4, -0.2) is 11.8 Å². The fraction of sp³-hybridized carbons (Fsp3) is 0. The highest BCUT2D eigenvalue weighted by Gasteiger charge is 1.96. The largest absolute Gasteiger partial charge is 0.323 e. The Bertz CT molecular complexity index is 615. The summed E-state index contributed by atoms with van der Waals surface area (Å²) < 4.78 is 0. The highest BCUT2D eigenvalue weighted by Crippen LogP contribution is 2.05. The Morgan fingerprint density at radius 2 is 1.00 bits per heavy atom. The molecular formula is C18H16N2O2. The minimum atomic E-state index is -0.251. The van der Waals surface area contributed by atoms with Crippen molar-refractivity contribution in [1.82, 2.24) is 0 Å². The number of benzene rings is 2. The smallest absolute Gasteiger partial charge is 0.248 e. The summed E-state index contributed by atoms with van der Waals surface area (Å²) in [6.45, 7) is 0. The van der Waals surface area contributed by atoms with E-state index in [9.17, 15) is 9.59 Å². The van der Waals surface area contributed by atoms with Gasteiger partial charge in [0.25, 0.3) is 0 Å². The second-order valence-corrected chi connectivity index (χ2v) is 4.43. The molecule has 0 aromatic heterocycles. The van der Waals surface area contributed by atoms with Crippen LogP contribution in [0.2, 0.25) is 0 Å². The normalized spacial score (nSPS) is 10.7. The van der Waals surface area contributed by atoms with E-state index in [0.29, 0.717) is 0 Å². The lowest BCUT2D eigenvalue weighted by Crippen LogP contribution is -2.08. The number of carbonyl (C=O) groups is 2. The summed E-state index contributed by atoms with van der Waals surface area (Å²) in [5, 5.41) is 5.42. The quantitative estimate of drug-likeness (QED) is 0.655. The van der Waals surface area contributed by atoms with Crippen LogP contribution in [0, 0.1) is 0 Å². The first kappa shape index (κ1) is 15.3. The molecule has 2 rings (SSSR count). The van der Waals surface area contributed by atoms with E-state index in [4.69, 9.17) is 0 Å². The van der Waals surface area contributed by atoms with Crippen LogP contribution in [0.3, 0.4) is 0 Å². The zero-order valence-corrected chi connectivity index (χ0v) is 11.9. The SMILES string of the molecule is O=C(C=CC=CC(=O)Nc1ccccc1)Nc1ccccc1. The van der Waals surface area contributed by atoms with Crippen molar-refractivity contribution in [2.75, 3.05) is 10.6 Å². The van der Waals surface area contributed by atoms with Crippen molar-refractivity contribution in [3.05, 3.63) is 85.0 Å². The molecule has 2 N–H and O–H groups in total. The highest BCUT2D eigenvalue weighted by molar-refractivity contribution is 6.01. The average molecular weight is 292 g/mol. The van der Waals surface area contributed by atoms with Crippen molar-refractivity contribution >= 4 is 23.2 Å². The topological polar surface area (TPSA) is 58.2 Å². The molecule has 2 aromatic carbocycles. The van der Waals surface area contributed by atoms with Crippen LogP contribution < -0.4 is 10.6 Å². The van der Waals surface area contributed by atoms with Gasteiger partial charge in [-0.2, -0.15) is 0 Å². The zero-order chi connectivity index (χ0) is 15.6. The van der Waals surface area contributed by atoms with Crippen molar-refractivity contribution in [3.63, 3.8) is 0 Å². The van der Waals surface area contributed by atoms with Crippen molar-refractivity contribution in [1.29, 1.82) is 0 Å². The maximum absolute atomic E-state index is 11.6. The maximum Gasteiger partial charge on any atom is 0.248 e. The Morgan fingerprint density at radius 3 is 1.36 bits per heavy atom. The first-order valence-corrected chi connectivity index (χ1v) is 6.81. The molecule has 0 radical (unpaired) electrons. The standard InChI is InChI=1S/C18H16N2O2/c21-17(19-15-9-3-1-4-10-15)13-7-8-14-18(22)20-16-11-5-2-6-12-16/h1-14H,(H,19,21)(H,20,22). The summed E-state index contributed by atoms with van der Waals surface area (Å²) in [4.78, 5) is 23.2. The molecule has 0 aliphatic rings. The Hall–Kier alpha value is -3.14. The molecule has 2 aromatic rings. The summed E-state index contributed by atoms with van der Waals surface area (Å²) in [6.07, 6.45) is 5.75. The zero-order valence-electron chi connectivity index (χ0n) is 11.9. The molecule has 0 heterocycles. The van der Waals surface area contributed by atoms with Crippen molar-refractivity contribution in [2.24, 2.45) is 0 Å². The van der Waals surface area contributed by atoms with Crippen molar-refractivity contribution < 1.29 is 9.59 Å². The van der Waals surface area contributed by atoms with Gasteiger partial charge in [-0.05, 0) is 24.3 Å². The van der Waals surface area contributed by atoms with Gasteiger partial charge in [0.2, 0.25) is 11.8 Å². The molecular weight excluding hydrogens is 276 g/mol. The monoisotopic (exact) mass is 292 g/mol. The van der Waals surface area contributed by atoms with Gasteiger partial charge < -0.3 is 10.6 Å². The number of rotatable bonds is 5. The molecule has 0 fully saturated rings. The number of carbonyl (C=O) groups excluding carboxylic acids is 2. The number of amides is 2. The van der Waals surface area contributed by atoms with Gasteiger partial charge in [0.1, 0.15) is 0 Å². The van der Waals surface area contributed by atoms with E-state index in [1.165, 1.54) is 24.3 Å². The fourth-order valence-electron chi connectivity index (χ4n) is 1.70. The van der Waals surface area contributed by atoms with Crippen LogP contribution in [0.1, 0.15) is 0 Å². The van der Waals surface area contributed by atoms with Gasteiger partial charge in [-0.3, -0.25) is 9.59 Å². The van der Waals surface area contributed by atoms with E-state index < -0.39 is 0 Å². The maximum atomic E-state index is 11.6. The van der Waals surface area contributed by atoms with E-state index in [-0.39, 0.29) is 11.8 Å². The summed E-state index contributed by atoms with van der Waals surface area (Å²) in [6, 6.07) is 18.3. The predicted molar refractivity (Wildman–Crippen MR) is 88.4 cm³/mol. The number of allylic oxidation sites excluding steroid dienone is 2. The van der Waals surface area contributed by atoms with Gasteiger partial charge in [-0.15, -0.1) is 0 Å². The molecule has 110 valence electrons. The minimum Gasteiger partial charge on any atom is -0.323 e. The lowest BCUT2D eigenvalue weighted by atomic mass is 10.3. The van der Waals surface area contributed by atoms with E-state index >= 15 is 0 Å². The third kappa shape index (κ3) is 5.46. The Labute approximate surface area is 129 Å². The second-order valence-electron chi connectivity index (χ2n) is 4.43. The summed E-state index contributed by atoms with van der Waals surface area (Å²) >= 11 is 0. The van der Waals surface area contributed by atoms with E-state index in [1.807, 2.05) is 36.4 Å². The number of hydrogen-bond acceptors (Lipinski definition) is 2. The van der Waals surface area contributed by atoms with Gasteiger partial charge in [-0.25, -0.2) is 0 Å². The Balaban J connectivity index is 1.79. The fourth-order valence-corrected chi connectivity index (χ4v) is 1.70. The summed E-state index contributed by atoms with van der Waals surface area (Å²) in [5.41, 5.74) is 1.45. The van der Waals surface area contributed by atoms with Gasteiger partial charge in [0.05, 0.1) is 0 Å². The Kier molecular flexibility index (Phi) is 5.70. The minimum absolute atomic E-state index is 0.251. The molecule has 4 heteroatoms. The molecule has 0 bridgehead atoms. The molecule has 0 saturated heterocycles. The third-order valence-corrected chi connectivity index (χ3v) is 2.69. The molecule has 0 aliphatic heterocycles. The molecule has 4 nitrogen and oxygen atoms in total. The number of hydrogen-bond donors (Lipinski definition) is 2. The first-order valence-electron chi connectivity index (χ1n) is 6.81. The van der Waals surface area contributed by atoms with E-state index in [1.54, 1.807) is 24.3 Å². The van der Waals surface area contributed by atoms with Crippen LogP contribution in [-0.2, 0) is 9.59 Å². The molecule has 0 aliphatic carbocycles. The molecule has 22 heavy (non-hydrogen) atoms. The van der Waals surface area contributed by atoms with Crippen LogP contribution >= 0.6 is 0 Å².